The zero-order valence-electron chi connectivity index (χ0n) is 13.7. The molecule has 1 unspecified atom stereocenters. The molecule has 2 aromatic carbocycles. The van der Waals surface area contributed by atoms with Gasteiger partial charge in [-0.1, -0.05) is 23.7 Å². The van der Waals surface area contributed by atoms with Crippen LogP contribution in [0.3, 0.4) is 0 Å². The molecule has 0 radical (unpaired) electrons. The zero-order valence-corrected chi connectivity index (χ0v) is 14.5. The lowest BCUT2D eigenvalue weighted by atomic mass is 10.1. The second kappa shape index (κ2) is 6.90. The van der Waals surface area contributed by atoms with Crippen LogP contribution in [-0.2, 0) is 6.54 Å². The number of carbonyl (C=O) groups excluding carboxylic acids is 1. The minimum absolute atomic E-state index is 0.174. The summed E-state index contributed by atoms with van der Waals surface area (Å²) in [6, 6.07) is 15.4. The second-order valence-electron chi connectivity index (χ2n) is 6.10. The van der Waals surface area contributed by atoms with E-state index < -0.39 is 0 Å². The molecule has 1 aliphatic heterocycles. The largest absolute Gasteiger partial charge is 0.347 e. The molecule has 1 aromatic heterocycles. The third-order valence-electron chi connectivity index (χ3n) is 4.29. The van der Waals surface area contributed by atoms with Gasteiger partial charge in [-0.3, -0.25) is 10.1 Å². The third kappa shape index (κ3) is 3.34. The number of nitrogens with one attached hydrogen (secondary N) is 2. The highest BCUT2D eigenvalue weighted by Crippen LogP contribution is 2.23. The van der Waals surface area contributed by atoms with Gasteiger partial charge in [0, 0.05) is 17.1 Å². The van der Waals surface area contributed by atoms with Crippen LogP contribution < -0.4 is 10.6 Å². The molecule has 0 spiro atoms. The fourth-order valence-corrected chi connectivity index (χ4v) is 3.18. The Labute approximate surface area is 154 Å². The number of aromatic nitrogens is 2. The summed E-state index contributed by atoms with van der Waals surface area (Å²) in [6.45, 7) is 1.02. The van der Waals surface area contributed by atoms with Crippen molar-refractivity contribution in [1.82, 2.24) is 20.4 Å². The summed E-state index contributed by atoms with van der Waals surface area (Å²) >= 11 is 6.02. The first-order valence-corrected chi connectivity index (χ1v) is 8.59. The van der Waals surface area contributed by atoms with E-state index in [-0.39, 0.29) is 17.9 Å². The van der Waals surface area contributed by atoms with Crippen molar-refractivity contribution < 1.29 is 9.18 Å². The van der Waals surface area contributed by atoms with Crippen LogP contribution in [0, 0.1) is 5.82 Å². The van der Waals surface area contributed by atoms with E-state index in [1.165, 1.54) is 12.1 Å². The van der Waals surface area contributed by atoms with Gasteiger partial charge in [-0.25, -0.2) is 9.07 Å². The van der Waals surface area contributed by atoms with Crippen molar-refractivity contribution in [3.8, 4) is 11.3 Å². The Morgan fingerprint density at radius 1 is 1.23 bits per heavy atom. The molecular formula is C19H16ClFN4O. The summed E-state index contributed by atoms with van der Waals surface area (Å²) in [5, 5.41) is 11.5. The molecule has 7 heteroatoms. The molecule has 2 heterocycles. The normalized spacial score (nSPS) is 16.2. The number of benzene rings is 2. The number of amides is 1. The van der Waals surface area contributed by atoms with E-state index in [2.05, 4.69) is 15.7 Å². The van der Waals surface area contributed by atoms with Crippen LogP contribution in [0.5, 0.6) is 0 Å². The van der Waals surface area contributed by atoms with Crippen LogP contribution in [-0.4, -0.2) is 22.2 Å². The molecule has 0 saturated carbocycles. The SMILES string of the molecule is O=C1NCC(NCc2cccc(Cl)c2)n2nc(-c3ccc(F)cc3)cc21. The number of hydrogen-bond donors (Lipinski definition) is 2. The van der Waals surface area contributed by atoms with Crippen molar-refractivity contribution in [3.63, 3.8) is 0 Å². The molecule has 26 heavy (non-hydrogen) atoms. The van der Waals surface area contributed by atoms with Gasteiger partial charge in [0.15, 0.2) is 0 Å². The zero-order chi connectivity index (χ0) is 18.1. The quantitative estimate of drug-likeness (QED) is 0.740. The molecule has 0 fully saturated rings. The number of halogens is 2. The minimum Gasteiger partial charge on any atom is -0.347 e. The van der Waals surface area contributed by atoms with E-state index in [0.717, 1.165) is 11.1 Å². The first-order chi connectivity index (χ1) is 12.6. The summed E-state index contributed by atoms with van der Waals surface area (Å²) in [6.07, 6.45) is -0.184. The van der Waals surface area contributed by atoms with E-state index in [1.54, 1.807) is 22.9 Å². The fraction of sp³-hybridized carbons (Fsp3) is 0.158. The molecule has 4 rings (SSSR count). The molecule has 5 nitrogen and oxygen atoms in total. The highest BCUT2D eigenvalue weighted by atomic mass is 35.5. The topological polar surface area (TPSA) is 59.0 Å². The molecule has 0 saturated heterocycles. The summed E-state index contributed by atoms with van der Waals surface area (Å²) in [5.41, 5.74) is 2.90. The van der Waals surface area contributed by atoms with Crippen molar-refractivity contribution >= 4 is 17.5 Å². The van der Waals surface area contributed by atoms with Crippen molar-refractivity contribution in [3.05, 3.63) is 76.7 Å². The molecule has 1 atom stereocenters. The van der Waals surface area contributed by atoms with Crippen LogP contribution in [0.25, 0.3) is 11.3 Å². The molecule has 132 valence electrons. The Morgan fingerprint density at radius 3 is 2.81 bits per heavy atom. The summed E-state index contributed by atoms with van der Waals surface area (Å²) < 4.78 is 14.8. The molecule has 1 aliphatic rings. The molecule has 0 bridgehead atoms. The van der Waals surface area contributed by atoms with Gasteiger partial charge in [0.2, 0.25) is 0 Å². The van der Waals surface area contributed by atoms with E-state index in [4.69, 9.17) is 11.6 Å². The molecule has 0 aliphatic carbocycles. The van der Waals surface area contributed by atoms with Crippen LogP contribution >= 0.6 is 11.6 Å². The Hall–Kier alpha value is -2.70. The number of nitrogens with zero attached hydrogens (tertiary/aromatic N) is 2. The van der Waals surface area contributed by atoms with Gasteiger partial charge in [-0.2, -0.15) is 5.10 Å². The van der Waals surface area contributed by atoms with E-state index in [0.29, 0.717) is 29.5 Å². The van der Waals surface area contributed by atoms with Crippen molar-refractivity contribution in [1.29, 1.82) is 0 Å². The molecular weight excluding hydrogens is 355 g/mol. The number of rotatable bonds is 4. The second-order valence-corrected chi connectivity index (χ2v) is 6.54. The lowest BCUT2D eigenvalue weighted by molar-refractivity contribution is 0.0900. The maximum Gasteiger partial charge on any atom is 0.269 e. The lowest BCUT2D eigenvalue weighted by Gasteiger charge is -2.25. The van der Waals surface area contributed by atoms with Gasteiger partial charge < -0.3 is 5.32 Å². The summed E-state index contributed by atoms with van der Waals surface area (Å²) in [7, 11) is 0. The number of hydrogen-bond acceptors (Lipinski definition) is 3. The Bertz CT molecular complexity index is 954. The van der Waals surface area contributed by atoms with Crippen LogP contribution in [0.15, 0.2) is 54.6 Å². The van der Waals surface area contributed by atoms with Crippen LogP contribution in [0.2, 0.25) is 5.02 Å². The van der Waals surface area contributed by atoms with Crippen LogP contribution in [0.4, 0.5) is 4.39 Å². The molecule has 2 N–H and O–H groups in total. The monoisotopic (exact) mass is 370 g/mol. The predicted octanol–water partition coefficient (Wildman–Crippen LogP) is 3.37. The Kier molecular flexibility index (Phi) is 4.44. The van der Waals surface area contributed by atoms with Gasteiger partial charge in [0.1, 0.15) is 17.7 Å². The predicted molar refractivity (Wildman–Crippen MR) is 97.3 cm³/mol. The molecule has 1 amide bonds. The van der Waals surface area contributed by atoms with Gasteiger partial charge in [-0.15, -0.1) is 0 Å². The van der Waals surface area contributed by atoms with E-state index in [1.807, 2.05) is 24.3 Å². The third-order valence-corrected chi connectivity index (χ3v) is 4.53. The molecule has 3 aromatic rings. The Morgan fingerprint density at radius 2 is 2.04 bits per heavy atom. The fourth-order valence-electron chi connectivity index (χ4n) is 2.97. The van der Waals surface area contributed by atoms with Crippen molar-refractivity contribution in [2.24, 2.45) is 0 Å². The average Bonchev–Trinajstić information content (AvgIpc) is 3.08. The summed E-state index contributed by atoms with van der Waals surface area (Å²) in [5.74, 6) is -0.483. The van der Waals surface area contributed by atoms with Gasteiger partial charge in [0.25, 0.3) is 5.91 Å². The smallest absolute Gasteiger partial charge is 0.269 e. The maximum absolute atomic E-state index is 13.1. The highest BCUT2D eigenvalue weighted by Gasteiger charge is 2.27. The van der Waals surface area contributed by atoms with Crippen molar-refractivity contribution in [2.45, 2.75) is 12.7 Å². The maximum atomic E-state index is 13.1. The highest BCUT2D eigenvalue weighted by molar-refractivity contribution is 6.30. The standard InChI is InChI=1S/C19H16ClFN4O/c20-14-3-1-2-12(8-14)10-22-18-11-23-19(26)17-9-16(24-25(17)18)13-4-6-15(21)7-5-13/h1-9,18,22H,10-11H2,(H,23,26). The number of carbonyl (C=O) groups is 1. The minimum atomic E-state index is -0.309. The van der Waals surface area contributed by atoms with E-state index in [9.17, 15) is 9.18 Å². The van der Waals surface area contributed by atoms with Gasteiger partial charge >= 0.3 is 0 Å². The lowest BCUT2D eigenvalue weighted by Crippen LogP contribution is -2.45. The van der Waals surface area contributed by atoms with Gasteiger partial charge in [0.05, 0.1) is 12.2 Å². The van der Waals surface area contributed by atoms with E-state index >= 15 is 0 Å². The first kappa shape index (κ1) is 16.8. The summed E-state index contributed by atoms with van der Waals surface area (Å²) in [4.78, 5) is 12.2. The van der Waals surface area contributed by atoms with Crippen LogP contribution in [0.1, 0.15) is 22.2 Å². The van der Waals surface area contributed by atoms with Gasteiger partial charge in [-0.05, 0) is 48.0 Å². The average molecular weight is 371 g/mol. The van der Waals surface area contributed by atoms with Crippen molar-refractivity contribution in [2.75, 3.05) is 6.54 Å². The first-order valence-electron chi connectivity index (χ1n) is 8.22. The Balaban J connectivity index is 1.59. The number of fused-ring (bicyclic) bond motifs is 1.